The van der Waals surface area contributed by atoms with Crippen LogP contribution in [0.25, 0.3) is 0 Å². The van der Waals surface area contributed by atoms with Gasteiger partial charge in [-0.15, -0.1) is 0 Å². The van der Waals surface area contributed by atoms with Gasteiger partial charge in [0.1, 0.15) is 0 Å². The van der Waals surface area contributed by atoms with Crippen molar-refractivity contribution in [2.45, 2.75) is 38.1 Å². The maximum Gasteiger partial charge on any atom is 0.239 e. The number of hydrogen-bond acceptors (Lipinski definition) is 4. The Labute approximate surface area is 131 Å². The van der Waals surface area contributed by atoms with Crippen molar-refractivity contribution >= 4 is 31.2 Å². The van der Waals surface area contributed by atoms with E-state index >= 15 is 0 Å². The second-order valence-corrected chi connectivity index (χ2v) is 5.76. The van der Waals surface area contributed by atoms with Gasteiger partial charge in [-0.05, 0) is 25.7 Å². The van der Waals surface area contributed by atoms with E-state index in [9.17, 15) is 14.4 Å². The number of hydrogen-bond donors (Lipinski definition) is 3. The summed E-state index contributed by atoms with van der Waals surface area (Å²) in [7, 11) is 0. The van der Waals surface area contributed by atoms with E-state index < -0.39 is 17.4 Å². The minimum atomic E-state index is -0.720. The normalized spacial score (nSPS) is 26.1. The predicted molar refractivity (Wildman–Crippen MR) is 82.7 cm³/mol. The molecule has 2 aliphatic heterocycles. The number of nitrogens with one attached hydrogen (secondary N) is 1. The zero-order valence-corrected chi connectivity index (χ0v) is 13.1. The highest BCUT2D eigenvalue weighted by Crippen LogP contribution is 2.36. The number of nitrogens with two attached hydrogens (primary N) is 2. The minimum absolute atomic E-state index is 0. The molecular formula is C13H24N4O3S. The Morgan fingerprint density at radius 3 is 2.67 bits per heavy atom. The van der Waals surface area contributed by atoms with Gasteiger partial charge in [0.25, 0.3) is 0 Å². The number of primary amides is 1. The Morgan fingerprint density at radius 2 is 2.10 bits per heavy atom. The molecule has 2 atom stereocenters. The summed E-state index contributed by atoms with van der Waals surface area (Å²) in [5, 5.41) is 2.84. The quantitative estimate of drug-likeness (QED) is 0.605. The van der Waals surface area contributed by atoms with Gasteiger partial charge in [0.2, 0.25) is 17.7 Å². The van der Waals surface area contributed by atoms with Crippen molar-refractivity contribution in [1.29, 1.82) is 0 Å². The van der Waals surface area contributed by atoms with Crippen LogP contribution in [0.5, 0.6) is 0 Å². The molecule has 0 aromatic heterocycles. The van der Waals surface area contributed by atoms with Gasteiger partial charge < -0.3 is 21.7 Å². The van der Waals surface area contributed by atoms with E-state index in [0.29, 0.717) is 19.6 Å². The second kappa shape index (κ2) is 7.13. The van der Waals surface area contributed by atoms with Crippen molar-refractivity contribution in [2.24, 2.45) is 16.9 Å². The number of likely N-dealkylation sites (tertiary alicyclic amines) is 1. The Kier molecular flexibility index (Phi) is 6.03. The van der Waals surface area contributed by atoms with E-state index in [2.05, 4.69) is 5.32 Å². The lowest BCUT2D eigenvalue weighted by Crippen LogP contribution is -2.53. The molecule has 2 aliphatic rings. The summed E-state index contributed by atoms with van der Waals surface area (Å²) in [6.07, 6.45) is 2.75. The van der Waals surface area contributed by atoms with Crippen LogP contribution >= 0.6 is 13.5 Å². The molecule has 5 N–H and O–H groups in total. The van der Waals surface area contributed by atoms with Crippen LogP contribution in [-0.4, -0.2) is 48.3 Å². The lowest BCUT2D eigenvalue weighted by molar-refractivity contribution is -0.140. The maximum atomic E-state index is 12.3. The Balaban J connectivity index is 0.00000220. The zero-order chi connectivity index (χ0) is 14.8. The number of carbonyl (C=O) groups excluding carboxylic acids is 3. The van der Waals surface area contributed by atoms with E-state index in [1.54, 1.807) is 4.90 Å². The largest absolute Gasteiger partial charge is 0.370 e. The first-order valence-electron chi connectivity index (χ1n) is 7.06. The van der Waals surface area contributed by atoms with Gasteiger partial charge >= 0.3 is 0 Å². The van der Waals surface area contributed by atoms with Gasteiger partial charge in [0.05, 0.1) is 11.5 Å². The third-order valence-corrected chi connectivity index (χ3v) is 4.28. The minimum Gasteiger partial charge on any atom is -0.370 e. The van der Waals surface area contributed by atoms with Gasteiger partial charge in [0.15, 0.2) is 0 Å². The summed E-state index contributed by atoms with van der Waals surface area (Å²) in [6.45, 7) is 1.73. The van der Waals surface area contributed by atoms with Crippen LogP contribution < -0.4 is 16.8 Å². The second-order valence-electron chi connectivity index (χ2n) is 5.76. The van der Waals surface area contributed by atoms with Crippen LogP contribution in [0.1, 0.15) is 32.1 Å². The molecule has 0 aliphatic carbocycles. The lowest BCUT2D eigenvalue weighted by atomic mass is 9.78. The third kappa shape index (κ3) is 3.88. The fraction of sp³-hybridized carbons (Fsp3) is 0.769. The predicted octanol–water partition coefficient (Wildman–Crippen LogP) is -1.18. The van der Waals surface area contributed by atoms with Crippen LogP contribution in [0, 0.1) is 5.41 Å². The van der Waals surface area contributed by atoms with Gasteiger partial charge in [-0.25, -0.2) is 0 Å². The smallest absolute Gasteiger partial charge is 0.239 e. The molecule has 2 rings (SSSR count). The maximum absolute atomic E-state index is 12.3. The molecule has 1 spiro atoms. The number of piperidine rings is 1. The highest BCUT2D eigenvalue weighted by atomic mass is 32.1. The molecule has 2 saturated heterocycles. The Bertz CT molecular complexity index is 432. The first kappa shape index (κ1) is 17.8. The number of carbonyl (C=O) groups is 3. The monoisotopic (exact) mass is 316 g/mol. The first-order chi connectivity index (χ1) is 9.44. The molecule has 2 fully saturated rings. The fourth-order valence-corrected chi connectivity index (χ4v) is 3.08. The van der Waals surface area contributed by atoms with E-state index in [1.165, 1.54) is 0 Å². The summed E-state index contributed by atoms with van der Waals surface area (Å²) in [4.78, 5) is 36.6. The lowest BCUT2D eigenvalue weighted by Gasteiger charge is -2.39. The van der Waals surface area contributed by atoms with Crippen LogP contribution in [0.15, 0.2) is 0 Å². The van der Waals surface area contributed by atoms with Gasteiger partial charge in [-0.3, -0.25) is 14.4 Å². The highest BCUT2D eigenvalue weighted by molar-refractivity contribution is 7.59. The van der Waals surface area contributed by atoms with E-state index in [-0.39, 0.29) is 38.2 Å². The number of rotatable bonds is 4. The van der Waals surface area contributed by atoms with Crippen LogP contribution in [-0.2, 0) is 14.4 Å². The van der Waals surface area contributed by atoms with E-state index in [0.717, 1.165) is 19.3 Å². The Hall–Kier alpha value is -1.28. The summed E-state index contributed by atoms with van der Waals surface area (Å²) < 4.78 is 0. The van der Waals surface area contributed by atoms with Crippen molar-refractivity contribution in [3.8, 4) is 0 Å². The summed E-state index contributed by atoms with van der Waals surface area (Å²) in [5.41, 5.74) is 10.4. The van der Waals surface area contributed by atoms with Crippen molar-refractivity contribution in [3.05, 3.63) is 0 Å². The third-order valence-electron chi connectivity index (χ3n) is 4.28. The molecule has 0 aromatic rings. The topological polar surface area (TPSA) is 119 Å². The fourth-order valence-electron chi connectivity index (χ4n) is 3.08. The van der Waals surface area contributed by atoms with Crippen molar-refractivity contribution in [1.82, 2.24) is 10.2 Å². The molecule has 8 heteroatoms. The van der Waals surface area contributed by atoms with Crippen LogP contribution in [0.3, 0.4) is 0 Å². The standard InChI is InChI=1S/C13H22N4O3.H2S/c14-9(2-3-10(15)18)11(19)17-7-1-4-13(8-17)5-6-16-12(13)20;/h9H,1-8,14H2,(H2,15,18)(H,16,20);1H2/t9-,13?;/m0./s1. The van der Waals surface area contributed by atoms with Crippen molar-refractivity contribution in [3.63, 3.8) is 0 Å². The molecule has 0 aromatic carbocycles. The number of nitrogens with zero attached hydrogens (tertiary/aromatic N) is 1. The van der Waals surface area contributed by atoms with E-state index in [4.69, 9.17) is 11.5 Å². The molecule has 21 heavy (non-hydrogen) atoms. The van der Waals surface area contributed by atoms with Crippen molar-refractivity contribution < 1.29 is 14.4 Å². The molecule has 7 nitrogen and oxygen atoms in total. The SMILES string of the molecule is NC(=O)CC[C@H](N)C(=O)N1CCCC2(CCNC2=O)C1.S. The molecule has 3 amide bonds. The Morgan fingerprint density at radius 1 is 1.38 bits per heavy atom. The van der Waals surface area contributed by atoms with Crippen LogP contribution in [0.2, 0.25) is 0 Å². The molecule has 0 radical (unpaired) electrons. The number of amides is 3. The summed E-state index contributed by atoms with van der Waals surface area (Å²) in [5.74, 6) is -0.607. The summed E-state index contributed by atoms with van der Waals surface area (Å²) in [6, 6.07) is -0.720. The van der Waals surface area contributed by atoms with Crippen molar-refractivity contribution in [2.75, 3.05) is 19.6 Å². The average molecular weight is 316 g/mol. The van der Waals surface area contributed by atoms with Gasteiger partial charge in [0, 0.05) is 26.1 Å². The van der Waals surface area contributed by atoms with Crippen LogP contribution in [0.4, 0.5) is 0 Å². The molecule has 2 heterocycles. The molecule has 0 saturated carbocycles. The van der Waals surface area contributed by atoms with Gasteiger partial charge in [-0.1, -0.05) is 0 Å². The average Bonchev–Trinajstić information content (AvgIpc) is 2.76. The molecular weight excluding hydrogens is 292 g/mol. The molecule has 0 bridgehead atoms. The van der Waals surface area contributed by atoms with Gasteiger partial charge in [-0.2, -0.15) is 13.5 Å². The molecule has 1 unspecified atom stereocenters. The zero-order valence-electron chi connectivity index (χ0n) is 12.1. The first-order valence-corrected chi connectivity index (χ1v) is 7.06. The molecule has 120 valence electrons. The van der Waals surface area contributed by atoms with E-state index in [1.807, 2.05) is 0 Å². The summed E-state index contributed by atoms with van der Waals surface area (Å²) >= 11 is 0. The highest BCUT2D eigenvalue weighted by Gasteiger charge is 2.46.